The molecule has 0 spiro atoms. The smallest absolute Gasteiger partial charge is 0.245 e. The molecule has 2 amide bonds. The molecule has 1 fully saturated rings. The van der Waals surface area contributed by atoms with Crippen molar-refractivity contribution in [1.82, 2.24) is 15.1 Å². The Morgan fingerprint density at radius 1 is 1.03 bits per heavy atom. The van der Waals surface area contributed by atoms with E-state index in [0.29, 0.717) is 43.5 Å². The van der Waals surface area contributed by atoms with Gasteiger partial charge in [0.25, 0.3) is 0 Å². The summed E-state index contributed by atoms with van der Waals surface area (Å²) < 4.78 is 0. The number of nitrogens with one attached hydrogen (secondary N) is 1. The number of nitrogens with zero attached hydrogens (tertiary/aromatic N) is 3. The molecule has 0 bridgehead atoms. The highest BCUT2D eigenvalue weighted by Gasteiger charge is 2.35. The molecule has 1 saturated heterocycles. The van der Waals surface area contributed by atoms with Crippen LogP contribution in [0, 0.1) is 0 Å². The van der Waals surface area contributed by atoms with Crippen molar-refractivity contribution in [3.05, 3.63) is 107 Å². The first-order valence-corrected chi connectivity index (χ1v) is 13.2. The molecular formula is C30H34ClN5O2. The Bertz CT molecular complexity index is 1250. The molecule has 3 N–H and O–H groups in total. The van der Waals surface area contributed by atoms with Crippen LogP contribution in [0.15, 0.2) is 89.9 Å². The predicted molar refractivity (Wildman–Crippen MR) is 151 cm³/mol. The first-order chi connectivity index (χ1) is 18.4. The molecule has 0 radical (unpaired) electrons. The van der Waals surface area contributed by atoms with Gasteiger partial charge in [-0.1, -0.05) is 90.5 Å². The lowest BCUT2D eigenvalue weighted by Gasteiger charge is -2.29. The Kier molecular flexibility index (Phi) is 9.38. The molecule has 3 aromatic rings. The first-order valence-electron chi connectivity index (χ1n) is 12.9. The number of likely N-dealkylation sites (tertiary alicyclic amines) is 1. The fraction of sp³-hybridized carbons (Fsp3) is 0.300. The minimum absolute atomic E-state index is 0.143. The average Bonchev–Trinajstić information content (AvgIpc) is 3.43. The maximum absolute atomic E-state index is 13.5. The first kappa shape index (κ1) is 27.2. The van der Waals surface area contributed by atoms with Crippen molar-refractivity contribution in [3.63, 3.8) is 0 Å². The second-order valence-corrected chi connectivity index (χ2v) is 9.96. The topological polar surface area (TPSA) is 91.0 Å². The lowest BCUT2D eigenvalue weighted by atomic mass is 10.0. The second-order valence-electron chi connectivity index (χ2n) is 9.55. The molecule has 198 valence electrons. The van der Waals surface area contributed by atoms with Gasteiger partial charge in [-0.15, -0.1) is 0 Å². The number of carbonyl (C=O) groups excluding carboxylic acids is 2. The number of likely N-dealkylation sites (N-methyl/N-ethyl adjacent to an activating group) is 1. The largest absolute Gasteiger partial charge is 0.370 e. The van der Waals surface area contributed by atoms with Crippen LogP contribution in [0.1, 0.15) is 29.5 Å². The van der Waals surface area contributed by atoms with Gasteiger partial charge in [0.1, 0.15) is 12.1 Å². The van der Waals surface area contributed by atoms with Gasteiger partial charge >= 0.3 is 0 Å². The van der Waals surface area contributed by atoms with Crippen molar-refractivity contribution in [2.75, 3.05) is 13.6 Å². The van der Waals surface area contributed by atoms with Gasteiger partial charge in [0.2, 0.25) is 11.8 Å². The number of guanidine groups is 1. The second kappa shape index (κ2) is 13.1. The van der Waals surface area contributed by atoms with Crippen molar-refractivity contribution in [2.45, 2.75) is 44.4 Å². The van der Waals surface area contributed by atoms with Crippen LogP contribution < -0.4 is 11.1 Å². The van der Waals surface area contributed by atoms with E-state index >= 15 is 0 Å². The monoisotopic (exact) mass is 531 g/mol. The lowest BCUT2D eigenvalue weighted by Crippen LogP contribution is -2.55. The van der Waals surface area contributed by atoms with E-state index in [0.717, 1.165) is 23.1 Å². The highest BCUT2D eigenvalue weighted by atomic mass is 35.5. The van der Waals surface area contributed by atoms with Crippen LogP contribution in [0.25, 0.3) is 0 Å². The zero-order valence-corrected chi connectivity index (χ0v) is 22.3. The maximum Gasteiger partial charge on any atom is 0.245 e. The summed E-state index contributed by atoms with van der Waals surface area (Å²) in [4.78, 5) is 35.1. The van der Waals surface area contributed by atoms with Crippen LogP contribution in [-0.2, 0) is 29.1 Å². The van der Waals surface area contributed by atoms with Gasteiger partial charge in [0.15, 0.2) is 5.96 Å². The minimum atomic E-state index is -0.706. The number of carbonyl (C=O) groups is 2. The Morgan fingerprint density at radius 3 is 2.34 bits per heavy atom. The van der Waals surface area contributed by atoms with E-state index in [-0.39, 0.29) is 11.8 Å². The summed E-state index contributed by atoms with van der Waals surface area (Å²) in [5.74, 6) is -0.0635. The number of nitrogens with two attached hydrogens (primary N) is 1. The molecule has 3 aromatic carbocycles. The fourth-order valence-electron chi connectivity index (χ4n) is 4.72. The number of rotatable bonds is 9. The summed E-state index contributed by atoms with van der Waals surface area (Å²) in [6, 6.07) is 25.8. The van der Waals surface area contributed by atoms with Gasteiger partial charge in [0.05, 0.1) is 6.54 Å². The number of amides is 2. The van der Waals surface area contributed by atoms with Crippen LogP contribution in [0.5, 0.6) is 0 Å². The highest BCUT2D eigenvalue weighted by molar-refractivity contribution is 6.31. The van der Waals surface area contributed by atoms with Crippen molar-refractivity contribution in [3.8, 4) is 0 Å². The molecule has 1 heterocycles. The van der Waals surface area contributed by atoms with E-state index in [1.54, 1.807) is 11.9 Å². The third kappa shape index (κ3) is 7.13. The van der Waals surface area contributed by atoms with Crippen LogP contribution in [0.4, 0.5) is 0 Å². The third-order valence-electron chi connectivity index (χ3n) is 6.75. The molecule has 0 aliphatic carbocycles. The molecule has 38 heavy (non-hydrogen) atoms. The van der Waals surface area contributed by atoms with Crippen molar-refractivity contribution in [2.24, 2.45) is 10.7 Å². The van der Waals surface area contributed by atoms with Gasteiger partial charge < -0.3 is 20.9 Å². The zero-order valence-electron chi connectivity index (χ0n) is 21.6. The van der Waals surface area contributed by atoms with Crippen LogP contribution >= 0.6 is 11.6 Å². The zero-order chi connectivity index (χ0) is 26.9. The normalized spacial score (nSPS) is 16.2. The third-order valence-corrected chi connectivity index (χ3v) is 7.12. The summed E-state index contributed by atoms with van der Waals surface area (Å²) in [7, 11) is 1.76. The van der Waals surface area contributed by atoms with Crippen LogP contribution in [0.3, 0.4) is 0 Å². The molecule has 1 aliphatic rings. The highest BCUT2D eigenvalue weighted by Crippen LogP contribution is 2.20. The molecule has 0 aromatic heterocycles. The minimum Gasteiger partial charge on any atom is -0.370 e. The van der Waals surface area contributed by atoms with E-state index in [4.69, 9.17) is 17.3 Å². The molecule has 8 heteroatoms. The van der Waals surface area contributed by atoms with Crippen molar-refractivity contribution >= 4 is 29.4 Å². The maximum atomic E-state index is 13.5. The SMILES string of the molecule is CN(Cc1ccccc1)C(=O)[C@H](Cc1ccccc1)NC(=O)[C@@H]1CCCN1C(N)=NCc1ccccc1Cl. The van der Waals surface area contributed by atoms with Gasteiger partial charge in [-0.05, 0) is 35.6 Å². The summed E-state index contributed by atoms with van der Waals surface area (Å²) >= 11 is 6.25. The van der Waals surface area contributed by atoms with Crippen molar-refractivity contribution < 1.29 is 9.59 Å². The van der Waals surface area contributed by atoms with Gasteiger partial charge in [-0.25, -0.2) is 4.99 Å². The Morgan fingerprint density at radius 2 is 1.66 bits per heavy atom. The number of benzene rings is 3. The number of hydrogen-bond donors (Lipinski definition) is 2. The van der Waals surface area contributed by atoms with E-state index < -0.39 is 12.1 Å². The van der Waals surface area contributed by atoms with Crippen LogP contribution in [-0.4, -0.2) is 53.2 Å². The number of halogens is 1. The van der Waals surface area contributed by atoms with Crippen molar-refractivity contribution in [1.29, 1.82) is 0 Å². The summed E-state index contributed by atoms with van der Waals surface area (Å²) in [6.45, 7) is 1.41. The quantitative estimate of drug-likeness (QED) is 0.322. The Labute approximate surface area is 229 Å². The van der Waals surface area contributed by atoms with E-state index in [2.05, 4.69) is 10.3 Å². The molecule has 7 nitrogen and oxygen atoms in total. The Hall–Kier alpha value is -3.84. The molecule has 4 rings (SSSR count). The number of hydrogen-bond acceptors (Lipinski definition) is 3. The number of aliphatic imine (C=N–C) groups is 1. The van der Waals surface area contributed by atoms with Crippen LogP contribution in [0.2, 0.25) is 5.02 Å². The molecular weight excluding hydrogens is 498 g/mol. The van der Waals surface area contributed by atoms with E-state index in [1.807, 2.05) is 89.8 Å². The Balaban J connectivity index is 1.47. The predicted octanol–water partition coefficient (Wildman–Crippen LogP) is 4.01. The molecule has 0 saturated carbocycles. The molecule has 2 atom stereocenters. The summed E-state index contributed by atoms with van der Waals surface area (Å²) in [5, 5.41) is 3.66. The fourth-order valence-corrected chi connectivity index (χ4v) is 4.91. The summed E-state index contributed by atoms with van der Waals surface area (Å²) in [5.41, 5.74) is 9.20. The summed E-state index contributed by atoms with van der Waals surface area (Å²) in [6.07, 6.45) is 1.85. The molecule has 1 aliphatic heterocycles. The van der Waals surface area contributed by atoms with Gasteiger partial charge in [-0.3, -0.25) is 9.59 Å². The molecule has 0 unspecified atom stereocenters. The lowest BCUT2D eigenvalue weighted by molar-refractivity contribution is -0.136. The standard InChI is InChI=1S/C30H34ClN5O2/c1-35(21-23-13-6-3-7-14-23)29(38)26(19-22-11-4-2-5-12-22)34-28(37)27-17-10-18-36(27)30(32)33-20-24-15-8-9-16-25(24)31/h2-9,11-16,26-27H,10,17-21H2,1H3,(H2,32,33)(H,34,37)/t26-,27-/m0/s1. The van der Waals surface area contributed by atoms with E-state index in [9.17, 15) is 9.59 Å². The average molecular weight is 532 g/mol. The van der Waals surface area contributed by atoms with E-state index in [1.165, 1.54) is 0 Å². The van der Waals surface area contributed by atoms with Gasteiger partial charge in [0, 0.05) is 31.6 Å². The van der Waals surface area contributed by atoms with Gasteiger partial charge in [-0.2, -0.15) is 0 Å².